The fourth-order valence-electron chi connectivity index (χ4n) is 2.39. The molecule has 2 N–H and O–H groups in total. The second-order valence-corrected chi connectivity index (χ2v) is 7.46. The number of hydrogen-bond acceptors (Lipinski definition) is 5. The summed E-state index contributed by atoms with van der Waals surface area (Å²) in [6, 6.07) is 0.0743. The molecule has 2 atom stereocenters. The van der Waals surface area contributed by atoms with Crippen molar-refractivity contribution in [2.75, 3.05) is 5.32 Å². The van der Waals surface area contributed by atoms with E-state index in [-0.39, 0.29) is 17.4 Å². The normalized spacial score (nSPS) is 21.5. The van der Waals surface area contributed by atoms with Crippen LogP contribution in [0.15, 0.2) is 10.7 Å². The number of carbonyl (C=O) groups excluding carboxylic acids is 1. The Hall–Kier alpha value is -1.08. The number of ether oxygens (including phenoxy) is 1. The molecule has 8 heteroatoms. The fourth-order valence-corrected chi connectivity index (χ4v) is 2.83. The van der Waals surface area contributed by atoms with Crippen molar-refractivity contribution in [1.82, 2.24) is 15.3 Å². The lowest BCUT2D eigenvalue weighted by Crippen LogP contribution is -2.45. The first kappa shape index (κ1) is 17.3. The maximum atomic E-state index is 11.9. The van der Waals surface area contributed by atoms with E-state index >= 15 is 0 Å². The van der Waals surface area contributed by atoms with Gasteiger partial charge in [0.25, 0.3) is 0 Å². The van der Waals surface area contributed by atoms with Gasteiger partial charge >= 0.3 is 6.09 Å². The van der Waals surface area contributed by atoms with Crippen molar-refractivity contribution in [1.29, 1.82) is 0 Å². The summed E-state index contributed by atoms with van der Waals surface area (Å²) in [6.07, 6.45) is 4.06. The van der Waals surface area contributed by atoms with E-state index in [0.29, 0.717) is 5.82 Å². The topological polar surface area (TPSA) is 76.1 Å². The van der Waals surface area contributed by atoms with Crippen molar-refractivity contribution >= 4 is 39.4 Å². The van der Waals surface area contributed by atoms with E-state index in [2.05, 4.69) is 36.5 Å². The summed E-state index contributed by atoms with van der Waals surface area (Å²) in [4.78, 5) is 20.0. The van der Waals surface area contributed by atoms with Gasteiger partial charge in [-0.2, -0.15) is 4.98 Å². The minimum absolute atomic E-state index is 0.00418. The van der Waals surface area contributed by atoms with Crippen LogP contribution in [-0.4, -0.2) is 33.7 Å². The average molecular weight is 392 g/mol. The first-order valence-corrected chi connectivity index (χ1v) is 8.36. The molecule has 1 saturated carbocycles. The molecule has 22 heavy (non-hydrogen) atoms. The molecule has 0 aliphatic heterocycles. The number of hydrogen-bond donors (Lipinski definition) is 2. The molecular weight excluding hydrogens is 372 g/mol. The third kappa shape index (κ3) is 4.98. The summed E-state index contributed by atoms with van der Waals surface area (Å²) in [7, 11) is 0. The maximum absolute atomic E-state index is 11.9. The van der Waals surface area contributed by atoms with Crippen molar-refractivity contribution in [2.45, 2.75) is 57.7 Å². The number of nitrogens with zero attached hydrogens (tertiary/aromatic N) is 2. The molecule has 2 rings (SSSR count). The average Bonchev–Trinajstić information content (AvgIpc) is 2.79. The zero-order chi connectivity index (χ0) is 16.3. The Morgan fingerprint density at radius 3 is 2.77 bits per heavy atom. The second-order valence-electron chi connectivity index (χ2n) is 6.27. The van der Waals surface area contributed by atoms with Gasteiger partial charge in [-0.05, 0) is 67.6 Å². The second kappa shape index (κ2) is 7.00. The first-order chi connectivity index (χ1) is 10.2. The molecule has 1 aliphatic carbocycles. The highest BCUT2D eigenvalue weighted by atomic mass is 79.9. The molecule has 122 valence electrons. The minimum atomic E-state index is -0.505. The van der Waals surface area contributed by atoms with Crippen LogP contribution in [0.4, 0.5) is 10.6 Å². The van der Waals surface area contributed by atoms with Crippen LogP contribution in [0.3, 0.4) is 0 Å². The Kier molecular flexibility index (Phi) is 5.50. The number of halogens is 2. The highest BCUT2D eigenvalue weighted by Gasteiger charge is 2.30. The Labute approximate surface area is 143 Å². The van der Waals surface area contributed by atoms with E-state index in [9.17, 15) is 4.79 Å². The molecule has 0 radical (unpaired) electrons. The van der Waals surface area contributed by atoms with Gasteiger partial charge in [-0.15, -0.1) is 0 Å². The molecule has 0 spiro atoms. The molecule has 0 aromatic carbocycles. The monoisotopic (exact) mass is 390 g/mol. The number of anilines is 1. The first-order valence-electron chi connectivity index (χ1n) is 7.19. The van der Waals surface area contributed by atoms with E-state index in [1.807, 2.05) is 20.8 Å². The van der Waals surface area contributed by atoms with Crippen molar-refractivity contribution < 1.29 is 9.53 Å². The van der Waals surface area contributed by atoms with Crippen LogP contribution in [0.5, 0.6) is 0 Å². The Balaban J connectivity index is 1.99. The van der Waals surface area contributed by atoms with Gasteiger partial charge in [0.05, 0.1) is 10.5 Å². The van der Waals surface area contributed by atoms with Crippen LogP contribution in [0.25, 0.3) is 0 Å². The lowest BCUT2D eigenvalue weighted by Gasteiger charge is -2.25. The lowest BCUT2D eigenvalue weighted by atomic mass is 10.1. The van der Waals surface area contributed by atoms with Gasteiger partial charge < -0.3 is 15.4 Å². The van der Waals surface area contributed by atoms with Crippen molar-refractivity contribution in [3.05, 3.63) is 16.0 Å². The molecule has 1 heterocycles. The predicted octanol–water partition coefficient (Wildman–Crippen LogP) is 3.75. The maximum Gasteiger partial charge on any atom is 0.407 e. The molecule has 0 saturated heterocycles. The Morgan fingerprint density at radius 1 is 1.41 bits per heavy atom. The van der Waals surface area contributed by atoms with Gasteiger partial charge in [0.15, 0.2) is 0 Å². The molecule has 0 unspecified atom stereocenters. The van der Waals surface area contributed by atoms with Crippen LogP contribution in [0, 0.1) is 0 Å². The molecule has 1 aromatic heterocycles. The number of nitrogens with one attached hydrogen (secondary N) is 2. The molecule has 1 aliphatic rings. The van der Waals surface area contributed by atoms with E-state index in [4.69, 9.17) is 16.3 Å². The zero-order valence-electron chi connectivity index (χ0n) is 12.8. The van der Waals surface area contributed by atoms with Crippen LogP contribution >= 0.6 is 27.5 Å². The minimum Gasteiger partial charge on any atom is -0.444 e. The van der Waals surface area contributed by atoms with Crippen LogP contribution in [-0.2, 0) is 4.74 Å². The van der Waals surface area contributed by atoms with E-state index in [1.54, 1.807) is 6.20 Å². The standard InChI is InChI=1S/C14H20BrClN4O2/c1-14(2,3)22-13(21)19-10-6-4-5-9(10)18-11-8(15)7-17-12(16)20-11/h7,9-10H,4-6H2,1-3H3,(H,19,21)(H,17,18,20)/t9-,10-/m0/s1. The summed E-state index contributed by atoms with van der Waals surface area (Å²) >= 11 is 9.21. The van der Waals surface area contributed by atoms with Gasteiger partial charge in [-0.1, -0.05) is 0 Å². The molecule has 1 aromatic rings. The van der Waals surface area contributed by atoms with Crippen LogP contribution in [0.1, 0.15) is 40.0 Å². The number of carbonyl (C=O) groups is 1. The number of amides is 1. The third-order valence-electron chi connectivity index (χ3n) is 3.25. The van der Waals surface area contributed by atoms with Gasteiger partial charge in [0, 0.05) is 12.2 Å². The smallest absolute Gasteiger partial charge is 0.407 e. The number of aromatic nitrogens is 2. The largest absolute Gasteiger partial charge is 0.444 e. The molecule has 1 amide bonds. The molecule has 6 nitrogen and oxygen atoms in total. The number of rotatable bonds is 3. The van der Waals surface area contributed by atoms with Gasteiger partial charge in [0.2, 0.25) is 5.28 Å². The van der Waals surface area contributed by atoms with Crippen LogP contribution in [0.2, 0.25) is 5.28 Å². The van der Waals surface area contributed by atoms with Crippen molar-refractivity contribution in [3.8, 4) is 0 Å². The fraction of sp³-hybridized carbons (Fsp3) is 0.643. The van der Waals surface area contributed by atoms with E-state index < -0.39 is 11.7 Å². The van der Waals surface area contributed by atoms with Crippen molar-refractivity contribution in [2.24, 2.45) is 0 Å². The molecular formula is C14H20BrClN4O2. The lowest BCUT2D eigenvalue weighted by molar-refractivity contribution is 0.0503. The van der Waals surface area contributed by atoms with E-state index in [0.717, 1.165) is 23.7 Å². The summed E-state index contributed by atoms with van der Waals surface area (Å²) in [5.41, 5.74) is -0.505. The third-order valence-corrected chi connectivity index (χ3v) is 4.02. The van der Waals surface area contributed by atoms with E-state index in [1.165, 1.54) is 0 Å². The Morgan fingerprint density at radius 2 is 2.09 bits per heavy atom. The Bertz CT molecular complexity index is 550. The van der Waals surface area contributed by atoms with Crippen molar-refractivity contribution in [3.63, 3.8) is 0 Å². The highest BCUT2D eigenvalue weighted by Crippen LogP contribution is 2.27. The zero-order valence-corrected chi connectivity index (χ0v) is 15.2. The number of alkyl carbamates (subject to hydrolysis) is 1. The quantitative estimate of drug-likeness (QED) is 0.767. The van der Waals surface area contributed by atoms with Gasteiger partial charge in [0.1, 0.15) is 11.4 Å². The van der Waals surface area contributed by atoms with Gasteiger partial charge in [-0.3, -0.25) is 0 Å². The SMILES string of the molecule is CC(C)(C)OC(=O)N[C@H]1CCC[C@@H]1Nc1nc(Cl)ncc1Br. The highest BCUT2D eigenvalue weighted by molar-refractivity contribution is 9.10. The predicted molar refractivity (Wildman–Crippen MR) is 89.2 cm³/mol. The summed E-state index contributed by atoms with van der Waals surface area (Å²) in [6.45, 7) is 5.53. The van der Waals surface area contributed by atoms with Gasteiger partial charge in [-0.25, -0.2) is 9.78 Å². The molecule has 1 fully saturated rings. The summed E-state index contributed by atoms with van der Waals surface area (Å²) < 4.78 is 6.04. The molecule has 0 bridgehead atoms. The summed E-state index contributed by atoms with van der Waals surface area (Å²) in [5, 5.41) is 6.42. The summed E-state index contributed by atoms with van der Waals surface area (Å²) in [5.74, 6) is 0.628. The van der Waals surface area contributed by atoms with Crippen LogP contribution < -0.4 is 10.6 Å².